The molecule has 3 heterocycles. The molecule has 2 aromatic carbocycles. The highest BCUT2D eigenvalue weighted by molar-refractivity contribution is 6.30. The summed E-state index contributed by atoms with van der Waals surface area (Å²) in [5.74, 6) is 0.0367. The van der Waals surface area contributed by atoms with Gasteiger partial charge in [-0.2, -0.15) is 5.10 Å². The molecule has 0 radical (unpaired) electrons. The monoisotopic (exact) mass is 474 g/mol. The van der Waals surface area contributed by atoms with Gasteiger partial charge in [0.15, 0.2) is 0 Å². The van der Waals surface area contributed by atoms with Crippen LogP contribution in [0, 0.1) is 0 Å². The zero-order chi connectivity index (χ0) is 23.8. The van der Waals surface area contributed by atoms with Crippen molar-refractivity contribution in [3.63, 3.8) is 0 Å². The van der Waals surface area contributed by atoms with Crippen molar-refractivity contribution >= 4 is 17.5 Å². The number of hydrogen-bond acceptors (Lipinski definition) is 4. The second-order valence-corrected chi connectivity index (χ2v) is 9.10. The molecule has 1 amide bonds. The molecule has 34 heavy (non-hydrogen) atoms. The van der Waals surface area contributed by atoms with Crippen LogP contribution in [-0.4, -0.2) is 41.4 Å². The van der Waals surface area contributed by atoms with Crippen molar-refractivity contribution in [3.05, 3.63) is 83.0 Å². The van der Waals surface area contributed by atoms with Crippen LogP contribution in [0.2, 0.25) is 5.02 Å². The summed E-state index contributed by atoms with van der Waals surface area (Å²) >= 11 is 6.29. The van der Waals surface area contributed by atoms with Gasteiger partial charge in [0.2, 0.25) is 0 Å². The number of aromatic nitrogens is 5. The maximum absolute atomic E-state index is 13.8. The highest BCUT2D eigenvalue weighted by Gasteiger charge is 2.40. The van der Waals surface area contributed by atoms with Crippen molar-refractivity contribution in [1.82, 2.24) is 29.4 Å². The molecule has 1 aliphatic heterocycles. The van der Waals surface area contributed by atoms with Crippen molar-refractivity contribution in [2.45, 2.75) is 45.2 Å². The van der Waals surface area contributed by atoms with E-state index in [1.165, 1.54) is 5.56 Å². The van der Waals surface area contributed by atoms with E-state index in [2.05, 4.69) is 30.1 Å². The fourth-order valence-electron chi connectivity index (χ4n) is 5.07. The SMILES string of the molecule is CCC1Cc2c(nn(C)c2-c2cccc(Cl)c2)C(CC)N1C(=O)c1ccc(-n2cnnc2)cc1. The number of benzene rings is 2. The Labute approximate surface area is 204 Å². The van der Waals surface area contributed by atoms with Crippen LogP contribution in [0.5, 0.6) is 0 Å². The molecule has 0 saturated heterocycles. The van der Waals surface area contributed by atoms with Crippen LogP contribution in [0.1, 0.15) is 54.3 Å². The Morgan fingerprint density at radius 2 is 1.79 bits per heavy atom. The summed E-state index contributed by atoms with van der Waals surface area (Å²) in [5, 5.41) is 13.3. The van der Waals surface area contributed by atoms with Gasteiger partial charge >= 0.3 is 0 Å². The van der Waals surface area contributed by atoms with Gasteiger partial charge in [-0.05, 0) is 55.7 Å². The molecule has 2 atom stereocenters. The molecular weight excluding hydrogens is 448 g/mol. The molecule has 7 nitrogen and oxygen atoms in total. The molecular formula is C26H27ClN6O. The van der Waals surface area contributed by atoms with Crippen LogP contribution >= 0.6 is 11.6 Å². The molecule has 0 fully saturated rings. The first-order chi connectivity index (χ1) is 16.5. The highest BCUT2D eigenvalue weighted by Crippen LogP contribution is 2.41. The predicted molar refractivity (Wildman–Crippen MR) is 132 cm³/mol. The van der Waals surface area contributed by atoms with E-state index in [-0.39, 0.29) is 18.0 Å². The summed E-state index contributed by atoms with van der Waals surface area (Å²) in [5.41, 5.74) is 5.92. The molecule has 2 aromatic heterocycles. The number of carbonyl (C=O) groups excluding carboxylic acids is 1. The van der Waals surface area contributed by atoms with Gasteiger partial charge in [0.25, 0.3) is 5.91 Å². The molecule has 4 aromatic rings. The molecule has 174 valence electrons. The van der Waals surface area contributed by atoms with Crippen molar-refractivity contribution in [2.75, 3.05) is 0 Å². The lowest BCUT2D eigenvalue weighted by Gasteiger charge is -2.41. The van der Waals surface area contributed by atoms with Gasteiger partial charge in [0.05, 0.1) is 17.4 Å². The molecule has 1 aliphatic rings. The van der Waals surface area contributed by atoms with Crippen molar-refractivity contribution < 1.29 is 4.79 Å². The molecule has 0 N–H and O–H groups in total. The number of nitrogens with zero attached hydrogens (tertiary/aromatic N) is 6. The predicted octanol–water partition coefficient (Wildman–Crippen LogP) is 5.25. The van der Waals surface area contributed by atoms with E-state index in [1.54, 1.807) is 12.7 Å². The smallest absolute Gasteiger partial charge is 0.254 e. The topological polar surface area (TPSA) is 68.8 Å². The first-order valence-corrected chi connectivity index (χ1v) is 12.0. The third-order valence-electron chi connectivity index (χ3n) is 6.68. The maximum atomic E-state index is 13.8. The first-order valence-electron chi connectivity index (χ1n) is 11.6. The van der Waals surface area contributed by atoms with Crippen molar-refractivity contribution in [2.24, 2.45) is 7.05 Å². The Bertz CT molecular complexity index is 1310. The lowest BCUT2D eigenvalue weighted by molar-refractivity contribution is 0.0513. The maximum Gasteiger partial charge on any atom is 0.254 e. The Morgan fingerprint density at radius 3 is 2.44 bits per heavy atom. The lowest BCUT2D eigenvalue weighted by atomic mass is 9.87. The largest absolute Gasteiger partial charge is 0.327 e. The molecule has 8 heteroatoms. The number of amides is 1. The van der Waals surface area contributed by atoms with Crippen LogP contribution in [-0.2, 0) is 13.5 Å². The van der Waals surface area contributed by atoms with Gasteiger partial charge in [-0.3, -0.25) is 14.0 Å². The third-order valence-corrected chi connectivity index (χ3v) is 6.92. The molecule has 0 bridgehead atoms. The average molecular weight is 475 g/mol. The number of aryl methyl sites for hydroxylation is 1. The zero-order valence-electron chi connectivity index (χ0n) is 19.5. The van der Waals surface area contributed by atoms with Crippen LogP contribution < -0.4 is 0 Å². The summed E-state index contributed by atoms with van der Waals surface area (Å²) in [7, 11) is 1.97. The summed E-state index contributed by atoms with van der Waals surface area (Å²) in [6.45, 7) is 4.27. The Hall–Kier alpha value is -3.45. The molecule has 2 unspecified atom stereocenters. The van der Waals surface area contributed by atoms with Crippen LogP contribution in [0.25, 0.3) is 16.9 Å². The third kappa shape index (κ3) is 3.80. The van der Waals surface area contributed by atoms with Gasteiger partial charge < -0.3 is 4.90 Å². The van der Waals surface area contributed by atoms with E-state index in [1.807, 2.05) is 63.7 Å². The Kier molecular flexibility index (Phi) is 5.96. The number of halogens is 1. The molecule has 5 rings (SSSR count). The van der Waals surface area contributed by atoms with Crippen LogP contribution in [0.3, 0.4) is 0 Å². The van der Waals surface area contributed by atoms with Gasteiger partial charge in [-0.1, -0.05) is 37.6 Å². The highest BCUT2D eigenvalue weighted by atomic mass is 35.5. The van der Waals surface area contributed by atoms with Crippen molar-refractivity contribution in [3.8, 4) is 16.9 Å². The van der Waals surface area contributed by atoms with E-state index in [4.69, 9.17) is 16.7 Å². The molecule has 0 aliphatic carbocycles. The Morgan fingerprint density at radius 1 is 1.06 bits per heavy atom. The number of rotatable bonds is 5. The normalized spacial score (nSPS) is 17.6. The summed E-state index contributed by atoms with van der Waals surface area (Å²) < 4.78 is 3.75. The van der Waals surface area contributed by atoms with E-state index in [0.717, 1.165) is 41.9 Å². The van der Waals surface area contributed by atoms with Gasteiger partial charge in [-0.25, -0.2) is 0 Å². The second-order valence-electron chi connectivity index (χ2n) is 8.67. The van der Waals surface area contributed by atoms with Crippen LogP contribution in [0.4, 0.5) is 0 Å². The fraction of sp³-hybridized carbons (Fsp3) is 0.308. The van der Waals surface area contributed by atoms with Gasteiger partial charge in [0, 0.05) is 40.5 Å². The van der Waals surface area contributed by atoms with E-state index in [9.17, 15) is 4.79 Å². The summed E-state index contributed by atoms with van der Waals surface area (Å²) in [6.07, 6.45) is 5.70. The first kappa shape index (κ1) is 22.3. The quantitative estimate of drug-likeness (QED) is 0.396. The minimum Gasteiger partial charge on any atom is -0.327 e. The molecule has 0 spiro atoms. The number of fused-ring (bicyclic) bond motifs is 1. The van der Waals surface area contributed by atoms with Crippen molar-refractivity contribution in [1.29, 1.82) is 0 Å². The summed E-state index contributed by atoms with van der Waals surface area (Å²) in [6, 6.07) is 15.5. The van der Waals surface area contributed by atoms with E-state index >= 15 is 0 Å². The fourth-order valence-corrected chi connectivity index (χ4v) is 5.26. The minimum absolute atomic E-state index is 0.0367. The minimum atomic E-state index is -0.0853. The molecule has 0 saturated carbocycles. The van der Waals surface area contributed by atoms with E-state index < -0.39 is 0 Å². The lowest BCUT2D eigenvalue weighted by Crippen LogP contribution is -2.47. The second kappa shape index (κ2) is 9.06. The average Bonchev–Trinajstić information content (AvgIpc) is 3.50. The van der Waals surface area contributed by atoms with E-state index in [0.29, 0.717) is 10.6 Å². The van der Waals surface area contributed by atoms with Gasteiger partial charge in [0.1, 0.15) is 12.7 Å². The Balaban J connectivity index is 1.52. The van der Waals surface area contributed by atoms with Crippen LogP contribution in [0.15, 0.2) is 61.2 Å². The zero-order valence-corrected chi connectivity index (χ0v) is 20.3. The number of carbonyl (C=O) groups is 1. The van der Waals surface area contributed by atoms with Gasteiger partial charge in [-0.15, -0.1) is 10.2 Å². The summed E-state index contributed by atoms with van der Waals surface area (Å²) in [4.78, 5) is 15.8. The standard InChI is InChI=1S/C26H27ClN6O/c1-4-20-14-22-24(30-31(3)25(22)18-7-6-8-19(27)13-18)23(5-2)33(20)26(34)17-9-11-21(12-10-17)32-15-28-29-16-32/h6-13,15-16,20,23H,4-5,14H2,1-3H3. The number of hydrogen-bond donors (Lipinski definition) is 0.